The maximum atomic E-state index is 13.7. The lowest BCUT2D eigenvalue weighted by atomic mass is 10.2. The molecule has 0 atom stereocenters. The van der Waals surface area contributed by atoms with Crippen LogP contribution in [0.1, 0.15) is 5.56 Å². The van der Waals surface area contributed by atoms with E-state index in [1.54, 1.807) is 0 Å². The average Bonchev–Trinajstić information content (AvgIpc) is 2.42. The van der Waals surface area contributed by atoms with Gasteiger partial charge in [0.05, 0.1) is 17.3 Å². The molecule has 0 saturated carbocycles. The van der Waals surface area contributed by atoms with Gasteiger partial charge in [0.15, 0.2) is 0 Å². The van der Waals surface area contributed by atoms with Crippen molar-refractivity contribution < 1.29 is 17.9 Å². The van der Waals surface area contributed by atoms with E-state index >= 15 is 0 Å². The van der Waals surface area contributed by atoms with E-state index in [4.69, 9.17) is 28.3 Å². The highest BCUT2D eigenvalue weighted by Gasteiger charge is 2.20. The zero-order valence-electron chi connectivity index (χ0n) is 10.5. The van der Waals surface area contributed by atoms with Crippen molar-refractivity contribution in [3.8, 4) is 0 Å². The van der Waals surface area contributed by atoms with Gasteiger partial charge in [-0.2, -0.15) is 0 Å². The second-order valence-corrected chi connectivity index (χ2v) is 6.65. The first-order valence-electron chi connectivity index (χ1n) is 5.70. The maximum Gasteiger partial charge on any atom is 0.264 e. The van der Waals surface area contributed by atoms with Crippen LogP contribution in [-0.4, -0.2) is 13.5 Å². The number of benzene rings is 2. The van der Waals surface area contributed by atoms with Crippen LogP contribution >= 0.6 is 23.2 Å². The second kappa shape index (κ2) is 6.19. The fourth-order valence-electron chi connectivity index (χ4n) is 1.62. The predicted molar refractivity (Wildman–Crippen MR) is 79.6 cm³/mol. The van der Waals surface area contributed by atoms with Crippen LogP contribution in [0.4, 0.5) is 10.1 Å². The summed E-state index contributed by atoms with van der Waals surface area (Å²) in [7, 11) is -4.18. The fourth-order valence-corrected chi connectivity index (χ4v) is 3.34. The van der Waals surface area contributed by atoms with Crippen LogP contribution in [0.5, 0.6) is 0 Å². The number of aliphatic hydroxyl groups is 1. The summed E-state index contributed by atoms with van der Waals surface area (Å²) in [4.78, 5) is -0.569. The van der Waals surface area contributed by atoms with E-state index in [9.17, 15) is 12.8 Å². The molecule has 0 fully saturated rings. The molecule has 0 unspecified atom stereocenters. The molecule has 0 aromatic heterocycles. The molecule has 0 aliphatic rings. The summed E-state index contributed by atoms with van der Waals surface area (Å²) in [5.74, 6) is -0.926. The maximum absolute atomic E-state index is 13.7. The second-order valence-electron chi connectivity index (χ2n) is 4.15. The van der Waals surface area contributed by atoms with Crippen LogP contribution in [0.25, 0.3) is 0 Å². The summed E-state index contributed by atoms with van der Waals surface area (Å²) in [5, 5.41) is 9.44. The standard InChI is InChI=1S/C13H10Cl2FNO3S/c14-9-2-4-12(10(15)6-9)17-21(19,20)13-5-8(7-18)1-3-11(13)16/h1-6,17-18H,7H2. The molecule has 0 amide bonds. The van der Waals surface area contributed by atoms with Crippen molar-refractivity contribution in [1.29, 1.82) is 0 Å². The molecule has 0 radical (unpaired) electrons. The molecular formula is C13H10Cl2FNO3S. The van der Waals surface area contributed by atoms with Crippen molar-refractivity contribution in [1.82, 2.24) is 0 Å². The van der Waals surface area contributed by atoms with E-state index in [-0.39, 0.29) is 16.3 Å². The van der Waals surface area contributed by atoms with E-state index in [0.717, 1.165) is 12.1 Å². The zero-order valence-corrected chi connectivity index (χ0v) is 12.8. The van der Waals surface area contributed by atoms with Crippen LogP contribution in [-0.2, 0) is 16.6 Å². The van der Waals surface area contributed by atoms with E-state index in [2.05, 4.69) is 4.72 Å². The number of rotatable bonds is 4. The highest BCUT2D eigenvalue weighted by molar-refractivity contribution is 7.92. The minimum Gasteiger partial charge on any atom is -0.392 e. The molecule has 0 heterocycles. The van der Waals surface area contributed by atoms with Gasteiger partial charge >= 0.3 is 0 Å². The first kappa shape index (κ1) is 16.0. The first-order chi connectivity index (χ1) is 9.83. The number of hydrogen-bond donors (Lipinski definition) is 2. The summed E-state index contributed by atoms with van der Waals surface area (Å²) in [6.45, 7) is -0.398. The molecule has 0 spiro atoms. The van der Waals surface area contributed by atoms with Crippen molar-refractivity contribution >= 4 is 38.9 Å². The Kier molecular flexibility index (Phi) is 4.73. The van der Waals surface area contributed by atoms with Gasteiger partial charge in [-0.25, -0.2) is 12.8 Å². The topological polar surface area (TPSA) is 66.4 Å². The Hall–Kier alpha value is -1.34. The van der Waals surface area contributed by atoms with Crippen LogP contribution < -0.4 is 4.72 Å². The molecule has 2 aromatic rings. The van der Waals surface area contributed by atoms with Gasteiger partial charge in [0.1, 0.15) is 10.7 Å². The third-order valence-electron chi connectivity index (χ3n) is 2.64. The zero-order chi connectivity index (χ0) is 15.6. The van der Waals surface area contributed by atoms with E-state index in [0.29, 0.717) is 5.02 Å². The van der Waals surface area contributed by atoms with Gasteiger partial charge in [0.25, 0.3) is 10.0 Å². The van der Waals surface area contributed by atoms with Crippen molar-refractivity contribution in [2.75, 3.05) is 4.72 Å². The number of anilines is 1. The Bertz CT molecular complexity index is 781. The lowest BCUT2D eigenvalue weighted by Crippen LogP contribution is -2.15. The van der Waals surface area contributed by atoms with Crippen molar-refractivity contribution in [3.05, 3.63) is 57.8 Å². The number of nitrogens with one attached hydrogen (secondary N) is 1. The third-order valence-corrected chi connectivity index (χ3v) is 4.57. The Balaban J connectivity index is 2.43. The van der Waals surface area contributed by atoms with Gasteiger partial charge in [-0.15, -0.1) is 0 Å². The molecule has 0 aliphatic carbocycles. The van der Waals surface area contributed by atoms with Crippen LogP contribution in [0.15, 0.2) is 41.3 Å². The van der Waals surface area contributed by atoms with Crippen LogP contribution in [0.3, 0.4) is 0 Å². The molecule has 112 valence electrons. The lowest BCUT2D eigenvalue weighted by molar-refractivity contribution is 0.281. The number of aliphatic hydroxyl groups excluding tert-OH is 1. The van der Waals surface area contributed by atoms with E-state index < -0.39 is 27.3 Å². The molecule has 0 saturated heterocycles. The average molecular weight is 350 g/mol. The normalized spacial score (nSPS) is 11.4. The van der Waals surface area contributed by atoms with Crippen molar-refractivity contribution in [2.45, 2.75) is 11.5 Å². The van der Waals surface area contributed by atoms with Gasteiger partial charge in [-0.05, 0) is 35.9 Å². The minimum atomic E-state index is -4.18. The summed E-state index contributed by atoms with van der Waals surface area (Å²) in [5.41, 5.74) is 0.355. The van der Waals surface area contributed by atoms with Gasteiger partial charge in [-0.1, -0.05) is 29.3 Å². The highest BCUT2D eigenvalue weighted by atomic mass is 35.5. The smallest absolute Gasteiger partial charge is 0.264 e. The molecule has 4 nitrogen and oxygen atoms in total. The Labute approximate surface area is 131 Å². The lowest BCUT2D eigenvalue weighted by Gasteiger charge is -2.11. The third kappa shape index (κ3) is 3.65. The molecule has 21 heavy (non-hydrogen) atoms. The molecule has 2 aromatic carbocycles. The van der Waals surface area contributed by atoms with Crippen molar-refractivity contribution in [3.63, 3.8) is 0 Å². The molecule has 2 N–H and O–H groups in total. The molecule has 2 rings (SSSR count). The SMILES string of the molecule is O=S(=O)(Nc1ccc(Cl)cc1Cl)c1cc(CO)ccc1F. The molecular weight excluding hydrogens is 340 g/mol. The fraction of sp³-hybridized carbons (Fsp3) is 0.0769. The number of halogens is 3. The van der Waals surface area contributed by atoms with Gasteiger partial charge in [0.2, 0.25) is 0 Å². The summed E-state index contributed by atoms with van der Waals surface area (Å²) >= 11 is 11.6. The number of sulfonamides is 1. The van der Waals surface area contributed by atoms with Crippen LogP contribution in [0, 0.1) is 5.82 Å². The Morgan fingerprint density at radius 3 is 2.48 bits per heavy atom. The quantitative estimate of drug-likeness (QED) is 0.888. The monoisotopic (exact) mass is 349 g/mol. The summed E-state index contributed by atoms with van der Waals surface area (Å²) in [6.07, 6.45) is 0. The molecule has 0 bridgehead atoms. The van der Waals surface area contributed by atoms with Gasteiger partial charge in [0, 0.05) is 5.02 Å². The summed E-state index contributed by atoms with van der Waals surface area (Å²) < 4.78 is 40.3. The van der Waals surface area contributed by atoms with E-state index in [1.165, 1.54) is 24.3 Å². The molecule has 8 heteroatoms. The first-order valence-corrected chi connectivity index (χ1v) is 7.94. The predicted octanol–water partition coefficient (Wildman–Crippen LogP) is 3.43. The van der Waals surface area contributed by atoms with Gasteiger partial charge < -0.3 is 5.11 Å². The molecule has 0 aliphatic heterocycles. The number of hydrogen-bond acceptors (Lipinski definition) is 3. The minimum absolute atomic E-state index is 0.0786. The van der Waals surface area contributed by atoms with Gasteiger partial charge in [-0.3, -0.25) is 4.72 Å². The van der Waals surface area contributed by atoms with E-state index in [1.807, 2.05) is 0 Å². The highest BCUT2D eigenvalue weighted by Crippen LogP contribution is 2.28. The Morgan fingerprint density at radius 1 is 1.14 bits per heavy atom. The van der Waals surface area contributed by atoms with Crippen molar-refractivity contribution in [2.24, 2.45) is 0 Å². The summed E-state index contributed by atoms with van der Waals surface area (Å²) in [6, 6.07) is 7.51. The Morgan fingerprint density at radius 2 is 1.86 bits per heavy atom. The van der Waals surface area contributed by atoms with Crippen LogP contribution in [0.2, 0.25) is 10.0 Å². The largest absolute Gasteiger partial charge is 0.392 e.